The molecule has 2 rings (SSSR count). The van der Waals surface area contributed by atoms with Gasteiger partial charge >= 0.3 is 0 Å². The Morgan fingerprint density at radius 2 is 1.69 bits per heavy atom. The van der Waals surface area contributed by atoms with Crippen molar-refractivity contribution in [1.29, 1.82) is 0 Å². The first-order valence-electron chi connectivity index (χ1n) is 9.34. The summed E-state index contributed by atoms with van der Waals surface area (Å²) >= 11 is 0. The second kappa shape index (κ2) is 9.14. The van der Waals surface area contributed by atoms with Crippen LogP contribution < -0.4 is 10.6 Å². The van der Waals surface area contributed by atoms with Crippen molar-refractivity contribution in [2.24, 2.45) is 0 Å². The minimum absolute atomic E-state index is 0.0376. The highest BCUT2D eigenvalue weighted by molar-refractivity contribution is 5.79. The van der Waals surface area contributed by atoms with Gasteiger partial charge in [0, 0.05) is 37.8 Å². The lowest BCUT2D eigenvalue weighted by molar-refractivity contribution is -0.132. The summed E-state index contributed by atoms with van der Waals surface area (Å²) in [7, 11) is 0. The Balaban J connectivity index is 1.70. The van der Waals surface area contributed by atoms with Crippen molar-refractivity contribution in [3.63, 3.8) is 0 Å². The molecule has 0 aromatic heterocycles. The van der Waals surface area contributed by atoms with E-state index < -0.39 is 0 Å². The summed E-state index contributed by atoms with van der Waals surface area (Å²) in [6.45, 7) is 11.5. The molecule has 2 amide bonds. The quantitative estimate of drug-likeness (QED) is 0.805. The van der Waals surface area contributed by atoms with Gasteiger partial charge in [-0.1, -0.05) is 30.3 Å². The minimum Gasteiger partial charge on any atom is -0.350 e. The summed E-state index contributed by atoms with van der Waals surface area (Å²) in [6.07, 6.45) is 0. The standard InChI is InChI=1S/C20H32N4O2/c1-16(17-8-6-5-7-9-17)21-14-19(26)24-12-10-23(11-13-24)15-18(25)22-20(2,3)4/h5-9,16,21H,10-15H2,1-4H3,(H,22,25)/t16-/m0/s1. The van der Waals surface area contributed by atoms with Gasteiger partial charge in [-0.25, -0.2) is 0 Å². The molecular weight excluding hydrogens is 328 g/mol. The highest BCUT2D eigenvalue weighted by atomic mass is 16.2. The van der Waals surface area contributed by atoms with Crippen molar-refractivity contribution in [2.45, 2.75) is 39.3 Å². The van der Waals surface area contributed by atoms with Gasteiger partial charge in [0.05, 0.1) is 13.1 Å². The third-order valence-corrected chi connectivity index (χ3v) is 4.47. The van der Waals surface area contributed by atoms with Crippen LogP contribution in [-0.2, 0) is 9.59 Å². The van der Waals surface area contributed by atoms with E-state index in [1.54, 1.807) is 0 Å². The van der Waals surface area contributed by atoms with E-state index in [-0.39, 0.29) is 23.4 Å². The van der Waals surface area contributed by atoms with Gasteiger partial charge in [0.25, 0.3) is 0 Å². The predicted octanol–water partition coefficient (Wildman–Crippen LogP) is 1.40. The highest BCUT2D eigenvalue weighted by Gasteiger charge is 2.23. The molecule has 1 aliphatic heterocycles. The molecule has 26 heavy (non-hydrogen) atoms. The predicted molar refractivity (Wildman–Crippen MR) is 104 cm³/mol. The molecule has 0 radical (unpaired) electrons. The van der Waals surface area contributed by atoms with Gasteiger partial charge in [0.15, 0.2) is 0 Å². The van der Waals surface area contributed by atoms with Crippen LogP contribution in [0.15, 0.2) is 30.3 Å². The van der Waals surface area contributed by atoms with E-state index in [4.69, 9.17) is 0 Å². The maximum Gasteiger partial charge on any atom is 0.236 e. The molecule has 0 spiro atoms. The Bertz CT molecular complexity index is 590. The topological polar surface area (TPSA) is 64.7 Å². The van der Waals surface area contributed by atoms with Crippen LogP contribution in [0.5, 0.6) is 0 Å². The fourth-order valence-electron chi connectivity index (χ4n) is 3.03. The lowest BCUT2D eigenvalue weighted by Gasteiger charge is -2.35. The van der Waals surface area contributed by atoms with E-state index in [0.717, 1.165) is 13.1 Å². The third kappa shape index (κ3) is 6.77. The molecule has 6 nitrogen and oxygen atoms in total. The number of piperazine rings is 1. The molecule has 2 N–H and O–H groups in total. The zero-order valence-electron chi connectivity index (χ0n) is 16.4. The van der Waals surface area contributed by atoms with E-state index in [1.165, 1.54) is 5.56 Å². The molecule has 144 valence electrons. The average Bonchev–Trinajstić information content (AvgIpc) is 2.59. The largest absolute Gasteiger partial charge is 0.350 e. The number of carbonyl (C=O) groups excluding carboxylic acids is 2. The number of hydrogen-bond donors (Lipinski definition) is 2. The van der Waals surface area contributed by atoms with Crippen LogP contribution >= 0.6 is 0 Å². The first-order chi connectivity index (χ1) is 12.2. The summed E-state index contributed by atoms with van der Waals surface area (Å²) in [4.78, 5) is 28.4. The van der Waals surface area contributed by atoms with Crippen molar-refractivity contribution >= 4 is 11.8 Å². The number of benzene rings is 1. The van der Waals surface area contributed by atoms with E-state index in [2.05, 4.69) is 34.6 Å². The normalized spacial score (nSPS) is 17.0. The molecule has 1 aromatic carbocycles. The average molecular weight is 361 g/mol. The van der Waals surface area contributed by atoms with Gasteiger partial charge in [-0.2, -0.15) is 0 Å². The summed E-state index contributed by atoms with van der Waals surface area (Å²) in [6, 6.07) is 10.3. The fraction of sp³-hybridized carbons (Fsp3) is 0.600. The van der Waals surface area contributed by atoms with E-state index in [1.807, 2.05) is 43.9 Å². The number of amides is 2. The lowest BCUT2D eigenvalue weighted by Crippen LogP contribution is -2.54. The Labute approximate surface area is 156 Å². The molecule has 1 saturated heterocycles. The van der Waals surface area contributed by atoms with Crippen LogP contribution in [0.4, 0.5) is 0 Å². The van der Waals surface area contributed by atoms with Crippen LogP contribution in [0.1, 0.15) is 39.3 Å². The first-order valence-corrected chi connectivity index (χ1v) is 9.34. The zero-order valence-corrected chi connectivity index (χ0v) is 16.4. The number of nitrogens with one attached hydrogen (secondary N) is 2. The summed E-state index contributed by atoms with van der Waals surface area (Å²) in [5.41, 5.74) is 0.964. The highest BCUT2D eigenvalue weighted by Crippen LogP contribution is 2.11. The van der Waals surface area contributed by atoms with E-state index in [0.29, 0.717) is 26.2 Å². The molecule has 1 aliphatic rings. The first kappa shape index (κ1) is 20.4. The Morgan fingerprint density at radius 1 is 1.08 bits per heavy atom. The monoisotopic (exact) mass is 360 g/mol. The maximum atomic E-state index is 12.4. The number of rotatable bonds is 6. The lowest BCUT2D eigenvalue weighted by atomic mass is 10.1. The van der Waals surface area contributed by atoms with E-state index in [9.17, 15) is 9.59 Å². The van der Waals surface area contributed by atoms with Crippen LogP contribution in [0.2, 0.25) is 0 Å². The smallest absolute Gasteiger partial charge is 0.236 e. The Morgan fingerprint density at radius 3 is 2.27 bits per heavy atom. The maximum absolute atomic E-state index is 12.4. The molecule has 1 heterocycles. The van der Waals surface area contributed by atoms with Crippen molar-refractivity contribution < 1.29 is 9.59 Å². The summed E-state index contributed by atoms with van der Waals surface area (Å²) in [5.74, 6) is 0.155. The SMILES string of the molecule is C[C@H](NCC(=O)N1CCN(CC(=O)NC(C)(C)C)CC1)c1ccccc1. The van der Waals surface area contributed by atoms with Gasteiger partial charge in [-0.15, -0.1) is 0 Å². The second-order valence-electron chi connectivity index (χ2n) is 7.97. The van der Waals surface area contributed by atoms with Crippen molar-refractivity contribution in [3.05, 3.63) is 35.9 Å². The van der Waals surface area contributed by atoms with Gasteiger partial charge in [-0.3, -0.25) is 14.5 Å². The van der Waals surface area contributed by atoms with Crippen molar-refractivity contribution in [2.75, 3.05) is 39.3 Å². The zero-order chi connectivity index (χ0) is 19.2. The molecule has 0 unspecified atom stereocenters. The van der Waals surface area contributed by atoms with E-state index >= 15 is 0 Å². The Kier molecular flexibility index (Phi) is 7.17. The van der Waals surface area contributed by atoms with Crippen molar-refractivity contribution in [1.82, 2.24) is 20.4 Å². The molecule has 1 fully saturated rings. The molecule has 6 heteroatoms. The fourth-order valence-corrected chi connectivity index (χ4v) is 3.03. The molecule has 1 atom stereocenters. The Hall–Kier alpha value is -1.92. The summed E-state index contributed by atoms with van der Waals surface area (Å²) < 4.78 is 0. The molecule has 0 aliphatic carbocycles. The molecule has 0 saturated carbocycles. The van der Waals surface area contributed by atoms with Crippen LogP contribution in [0.25, 0.3) is 0 Å². The van der Waals surface area contributed by atoms with Crippen molar-refractivity contribution in [3.8, 4) is 0 Å². The van der Waals surface area contributed by atoms with Gasteiger partial charge in [0.1, 0.15) is 0 Å². The number of hydrogen-bond acceptors (Lipinski definition) is 4. The minimum atomic E-state index is -0.212. The van der Waals surface area contributed by atoms with Gasteiger partial charge in [0.2, 0.25) is 11.8 Å². The van der Waals surface area contributed by atoms with Crippen LogP contribution in [-0.4, -0.2) is 66.4 Å². The number of nitrogens with zero attached hydrogens (tertiary/aromatic N) is 2. The molecule has 1 aromatic rings. The molecule has 0 bridgehead atoms. The second-order valence-corrected chi connectivity index (χ2v) is 7.97. The van der Waals surface area contributed by atoms with Crippen LogP contribution in [0, 0.1) is 0 Å². The van der Waals surface area contributed by atoms with Gasteiger partial charge < -0.3 is 15.5 Å². The van der Waals surface area contributed by atoms with Gasteiger partial charge in [-0.05, 0) is 33.3 Å². The number of carbonyl (C=O) groups is 2. The molecular formula is C20H32N4O2. The van der Waals surface area contributed by atoms with Crippen LogP contribution in [0.3, 0.4) is 0 Å². The summed E-state index contributed by atoms with van der Waals surface area (Å²) in [5, 5.41) is 6.27. The third-order valence-electron chi connectivity index (χ3n) is 4.47.